The van der Waals surface area contributed by atoms with Crippen molar-refractivity contribution in [1.29, 1.82) is 0 Å². The fraction of sp³-hybridized carbons (Fsp3) is 0.909. The normalized spacial score (nSPS) is 36.6. The summed E-state index contributed by atoms with van der Waals surface area (Å²) >= 11 is 0. The predicted octanol–water partition coefficient (Wildman–Crippen LogP) is -1.18. The molecule has 0 aromatic heterocycles. The molecule has 5 unspecified atom stereocenters. The Kier molecular flexibility index (Phi) is 5.97. The highest BCUT2D eigenvalue weighted by Crippen LogP contribution is 2.23. The van der Waals surface area contributed by atoms with Crippen LogP contribution in [0.5, 0.6) is 0 Å². The third-order valence-electron chi connectivity index (χ3n) is 3.07. The summed E-state index contributed by atoms with van der Waals surface area (Å²) in [6.45, 7) is 0. The van der Waals surface area contributed by atoms with Gasteiger partial charge < -0.3 is 30.3 Å². The number of unbranched alkanes of at least 4 members (excludes halogenated alkanes) is 2. The molecule has 0 amide bonds. The molecule has 1 heterocycles. The van der Waals surface area contributed by atoms with Crippen LogP contribution in [0.25, 0.3) is 0 Å². The first-order valence-electron chi connectivity index (χ1n) is 6.03. The second-order valence-corrected chi connectivity index (χ2v) is 4.53. The zero-order valence-corrected chi connectivity index (χ0v) is 9.97. The number of ether oxygens (including phenoxy) is 1. The van der Waals surface area contributed by atoms with Gasteiger partial charge in [-0.05, 0) is 12.8 Å². The van der Waals surface area contributed by atoms with Gasteiger partial charge in [-0.15, -0.1) is 0 Å². The van der Waals surface area contributed by atoms with Crippen molar-refractivity contribution in [2.75, 3.05) is 0 Å². The van der Waals surface area contributed by atoms with Gasteiger partial charge >= 0.3 is 5.97 Å². The van der Waals surface area contributed by atoms with Crippen molar-refractivity contribution in [1.82, 2.24) is 0 Å². The SMILES string of the molecule is O=C(O)CCCCCC1OC(O)C(O)C(O)C1O. The Morgan fingerprint density at radius 1 is 0.944 bits per heavy atom. The first-order valence-corrected chi connectivity index (χ1v) is 6.03. The zero-order valence-electron chi connectivity index (χ0n) is 9.97. The highest BCUT2D eigenvalue weighted by molar-refractivity contribution is 5.66. The van der Waals surface area contributed by atoms with Gasteiger partial charge in [0.25, 0.3) is 0 Å². The summed E-state index contributed by atoms with van der Waals surface area (Å²) in [5.74, 6) is -0.849. The Bertz CT molecular complexity index is 270. The molecular formula is C11H20O7. The monoisotopic (exact) mass is 264 g/mol. The minimum atomic E-state index is -1.51. The molecular weight excluding hydrogens is 244 g/mol. The van der Waals surface area contributed by atoms with Crippen LogP contribution in [0.1, 0.15) is 32.1 Å². The maximum atomic E-state index is 10.3. The quantitative estimate of drug-likeness (QED) is 0.382. The molecule has 1 rings (SSSR count). The van der Waals surface area contributed by atoms with Crippen LogP contribution < -0.4 is 0 Å². The Hall–Kier alpha value is -0.730. The maximum Gasteiger partial charge on any atom is 0.303 e. The molecule has 1 aliphatic rings. The highest BCUT2D eigenvalue weighted by Gasteiger charge is 2.42. The molecule has 0 radical (unpaired) electrons. The molecule has 0 aliphatic carbocycles. The molecule has 0 aromatic carbocycles. The van der Waals surface area contributed by atoms with Crippen LogP contribution in [0.4, 0.5) is 0 Å². The zero-order chi connectivity index (χ0) is 13.7. The number of carboxylic acid groups (broad SMARTS) is 1. The maximum absolute atomic E-state index is 10.3. The lowest BCUT2D eigenvalue weighted by Gasteiger charge is -2.38. The van der Waals surface area contributed by atoms with Crippen LogP contribution in [0, 0.1) is 0 Å². The van der Waals surface area contributed by atoms with Crippen molar-refractivity contribution in [2.45, 2.75) is 62.8 Å². The predicted molar refractivity (Wildman–Crippen MR) is 59.6 cm³/mol. The number of hydrogen-bond acceptors (Lipinski definition) is 6. The summed E-state index contributed by atoms with van der Waals surface area (Å²) in [6, 6.07) is 0. The van der Waals surface area contributed by atoms with Crippen LogP contribution in [0.3, 0.4) is 0 Å². The minimum Gasteiger partial charge on any atom is -0.481 e. The van der Waals surface area contributed by atoms with Gasteiger partial charge in [0.1, 0.15) is 18.3 Å². The lowest BCUT2D eigenvalue weighted by atomic mass is 9.95. The summed E-state index contributed by atoms with van der Waals surface area (Å²) < 4.78 is 4.99. The number of rotatable bonds is 6. The topological polar surface area (TPSA) is 127 Å². The molecule has 0 spiro atoms. The van der Waals surface area contributed by atoms with E-state index in [1.54, 1.807) is 0 Å². The average Bonchev–Trinajstić information content (AvgIpc) is 2.32. The second kappa shape index (κ2) is 7.01. The number of hydrogen-bond donors (Lipinski definition) is 5. The fourth-order valence-electron chi connectivity index (χ4n) is 1.97. The van der Waals surface area contributed by atoms with Crippen molar-refractivity contribution in [3.63, 3.8) is 0 Å². The third kappa shape index (κ3) is 4.18. The molecule has 0 aromatic rings. The fourth-order valence-corrected chi connectivity index (χ4v) is 1.97. The van der Waals surface area contributed by atoms with Crippen LogP contribution in [0.15, 0.2) is 0 Å². The van der Waals surface area contributed by atoms with Crippen LogP contribution >= 0.6 is 0 Å². The number of carbonyl (C=O) groups is 1. The number of aliphatic hydroxyl groups excluding tert-OH is 4. The van der Waals surface area contributed by atoms with E-state index in [0.717, 1.165) is 0 Å². The first-order chi connectivity index (χ1) is 8.43. The number of aliphatic carboxylic acids is 1. The first kappa shape index (κ1) is 15.3. The second-order valence-electron chi connectivity index (χ2n) is 4.53. The molecule has 7 nitrogen and oxygen atoms in total. The summed E-state index contributed by atoms with van der Waals surface area (Å²) in [5.41, 5.74) is 0. The molecule has 0 bridgehead atoms. The molecule has 1 fully saturated rings. The van der Waals surface area contributed by atoms with Gasteiger partial charge in [-0.1, -0.05) is 12.8 Å². The summed E-state index contributed by atoms with van der Waals surface area (Å²) in [5, 5.41) is 46.1. The minimum absolute atomic E-state index is 0.0953. The summed E-state index contributed by atoms with van der Waals surface area (Å²) in [6.07, 6.45) is -4.15. The van der Waals surface area contributed by atoms with E-state index in [1.807, 2.05) is 0 Å². The lowest BCUT2D eigenvalue weighted by molar-refractivity contribution is -0.282. The van der Waals surface area contributed by atoms with E-state index in [1.165, 1.54) is 0 Å². The van der Waals surface area contributed by atoms with E-state index in [2.05, 4.69) is 0 Å². The van der Waals surface area contributed by atoms with Crippen LogP contribution in [-0.2, 0) is 9.53 Å². The van der Waals surface area contributed by atoms with Crippen molar-refractivity contribution >= 4 is 5.97 Å². The van der Waals surface area contributed by atoms with Gasteiger partial charge in [-0.2, -0.15) is 0 Å². The Morgan fingerprint density at radius 2 is 1.61 bits per heavy atom. The van der Waals surface area contributed by atoms with E-state index in [-0.39, 0.29) is 6.42 Å². The Morgan fingerprint density at radius 3 is 2.22 bits per heavy atom. The molecule has 7 heteroatoms. The third-order valence-corrected chi connectivity index (χ3v) is 3.07. The van der Waals surface area contributed by atoms with E-state index in [0.29, 0.717) is 25.7 Å². The molecule has 18 heavy (non-hydrogen) atoms. The molecule has 106 valence electrons. The average molecular weight is 264 g/mol. The Labute approximate surface area is 105 Å². The Balaban J connectivity index is 2.27. The molecule has 1 aliphatic heterocycles. The number of aliphatic hydroxyl groups is 4. The van der Waals surface area contributed by atoms with Gasteiger partial charge in [-0.3, -0.25) is 4.79 Å². The van der Waals surface area contributed by atoms with Gasteiger partial charge in [0.15, 0.2) is 6.29 Å². The molecule has 5 atom stereocenters. The smallest absolute Gasteiger partial charge is 0.303 e. The van der Waals surface area contributed by atoms with Gasteiger partial charge in [0, 0.05) is 6.42 Å². The largest absolute Gasteiger partial charge is 0.481 e. The number of carboxylic acids is 1. The van der Waals surface area contributed by atoms with Crippen molar-refractivity contribution < 1.29 is 35.1 Å². The molecule has 0 saturated carbocycles. The van der Waals surface area contributed by atoms with Crippen molar-refractivity contribution in [3.05, 3.63) is 0 Å². The van der Waals surface area contributed by atoms with Gasteiger partial charge in [-0.25, -0.2) is 0 Å². The van der Waals surface area contributed by atoms with Gasteiger partial charge in [0.05, 0.1) is 6.10 Å². The van der Waals surface area contributed by atoms with E-state index in [9.17, 15) is 25.2 Å². The lowest BCUT2D eigenvalue weighted by Crippen LogP contribution is -2.57. The summed E-state index contributed by atoms with van der Waals surface area (Å²) in [4.78, 5) is 10.3. The van der Waals surface area contributed by atoms with E-state index in [4.69, 9.17) is 9.84 Å². The van der Waals surface area contributed by atoms with Crippen molar-refractivity contribution in [2.24, 2.45) is 0 Å². The van der Waals surface area contributed by atoms with E-state index >= 15 is 0 Å². The molecule has 5 N–H and O–H groups in total. The summed E-state index contributed by atoms with van der Waals surface area (Å²) in [7, 11) is 0. The van der Waals surface area contributed by atoms with E-state index < -0.39 is 36.7 Å². The van der Waals surface area contributed by atoms with Gasteiger partial charge in [0.2, 0.25) is 0 Å². The highest BCUT2D eigenvalue weighted by atomic mass is 16.6. The van der Waals surface area contributed by atoms with Crippen LogP contribution in [0.2, 0.25) is 0 Å². The molecule has 1 saturated heterocycles. The standard InChI is InChI=1S/C11H20O7/c12-7(13)5-3-1-2-4-6-8(14)9(15)10(16)11(17)18-6/h6,8-11,14-17H,1-5H2,(H,12,13). The van der Waals surface area contributed by atoms with Crippen molar-refractivity contribution in [3.8, 4) is 0 Å². The van der Waals surface area contributed by atoms with Crippen LogP contribution in [-0.4, -0.2) is 62.2 Å².